The Labute approximate surface area is 171 Å². The third-order valence-corrected chi connectivity index (χ3v) is 5.03. The molecule has 10 nitrogen and oxygen atoms in total. The van der Waals surface area contributed by atoms with E-state index in [9.17, 15) is 4.79 Å². The number of ether oxygens (including phenoxy) is 3. The Bertz CT molecular complexity index is 1170. The minimum absolute atomic E-state index is 0.164. The van der Waals surface area contributed by atoms with E-state index in [1.165, 1.54) is 0 Å². The maximum Gasteiger partial charge on any atom is 0.255 e. The van der Waals surface area contributed by atoms with Gasteiger partial charge in [0.05, 0.1) is 18.4 Å². The number of allylic oxidation sites excluding steroid dienone is 1. The molecule has 0 bridgehead atoms. The van der Waals surface area contributed by atoms with Crippen LogP contribution in [-0.2, 0) is 4.79 Å². The molecule has 3 heterocycles. The van der Waals surface area contributed by atoms with Crippen molar-refractivity contribution in [1.82, 2.24) is 20.2 Å². The van der Waals surface area contributed by atoms with E-state index in [-0.39, 0.29) is 12.7 Å². The molecule has 5 rings (SSSR count). The molecule has 2 aliphatic rings. The number of fused-ring (bicyclic) bond motifs is 2. The van der Waals surface area contributed by atoms with Crippen molar-refractivity contribution in [3.8, 4) is 17.2 Å². The molecule has 0 unspecified atom stereocenters. The zero-order valence-electron chi connectivity index (χ0n) is 16.2. The second-order valence-electron chi connectivity index (χ2n) is 6.78. The van der Waals surface area contributed by atoms with Crippen LogP contribution in [0, 0.1) is 0 Å². The van der Waals surface area contributed by atoms with Crippen molar-refractivity contribution in [2.75, 3.05) is 24.5 Å². The molecule has 1 atom stereocenters. The van der Waals surface area contributed by atoms with Gasteiger partial charge in [0.15, 0.2) is 11.5 Å². The van der Waals surface area contributed by atoms with E-state index in [0.717, 1.165) is 5.56 Å². The number of amides is 1. The van der Waals surface area contributed by atoms with Gasteiger partial charge in [0.2, 0.25) is 12.7 Å². The van der Waals surface area contributed by atoms with Gasteiger partial charge in [-0.3, -0.25) is 4.79 Å². The average molecular weight is 406 g/mol. The molecule has 2 aromatic carbocycles. The Hall–Kier alpha value is -4.08. The second-order valence-corrected chi connectivity index (χ2v) is 6.78. The number of benzene rings is 2. The van der Waals surface area contributed by atoms with Gasteiger partial charge in [-0.05, 0) is 47.2 Å². The van der Waals surface area contributed by atoms with E-state index in [1.807, 2.05) is 37.3 Å². The summed E-state index contributed by atoms with van der Waals surface area (Å²) in [6.45, 7) is 1.98. The molecule has 1 aromatic heterocycles. The molecule has 0 fully saturated rings. The summed E-state index contributed by atoms with van der Waals surface area (Å²) < 4.78 is 17.8. The van der Waals surface area contributed by atoms with Crippen LogP contribution < -0.4 is 24.8 Å². The molecule has 30 heavy (non-hydrogen) atoms. The van der Waals surface area contributed by atoms with Crippen molar-refractivity contribution in [3.05, 3.63) is 59.3 Å². The van der Waals surface area contributed by atoms with Gasteiger partial charge in [0.25, 0.3) is 5.91 Å². The topological polar surface area (TPSA) is 112 Å². The summed E-state index contributed by atoms with van der Waals surface area (Å²) in [4.78, 5) is 13.4. The average Bonchev–Trinajstić information content (AvgIpc) is 3.41. The lowest BCUT2D eigenvalue weighted by atomic mass is 9.94. The lowest BCUT2D eigenvalue weighted by Crippen LogP contribution is -2.31. The zero-order chi connectivity index (χ0) is 20.7. The fraction of sp³-hybridized carbons (Fsp3) is 0.200. The number of carbonyl (C=O) groups excluding carboxylic acids is 1. The summed E-state index contributed by atoms with van der Waals surface area (Å²) in [5.74, 6) is 1.99. The van der Waals surface area contributed by atoms with E-state index in [0.29, 0.717) is 40.2 Å². The van der Waals surface area contributed by atoms with Crippen molar-refractivity contribution in [1.29, 1.82) is 0 Å². The maximum atomic E-state index is 13.4. The normalized spacial score (nSPS) is 16.7. The molecular weight excluding hydrogens is 388 g/mol. The van der Waals surface area contributed by atoms with Crippen LogP contribution in [0.15, 0.2) is 53.7 Å². The molecule has 0 aliphatic carbocycles. The molecule has 2 aliphatic heterocycles. The number of hydrogen-bond acceptors (Lipinski definition) is 8. The highest BCUT2D eigenvalue weighted by Crippen LogP contribution is 2.40. The highest BCUT2D eigenvalue weighted by Gasteiger charge is 2.35. The van der Waals surface area contributed by atoms with Gasteiger partial charge >= 0.3 is 0 Å². The first-order chi connectivity index (χ1) is 14.7. The van der Waals surface area contributed by atoms with Gasteiger partial charge in [0.1, 0.15) is 11.8 Å². The fourth-order valence-corrected chi connectivity index (χ4v) is 3.64. The van der Waals surface area contributed by atoms with Crippen LogP contribution in [0.4, 0.5) is 11.6 Å². The Morgan fingerprint density at radius 2 is 2.07 bits per heavy atom. The van der Waals surface area contributed by atoms with Crippen LogP contribution in [0.25, 0.3) is 0 Å². The number of nitrogens with zero attached hydrogens (tertiary/aromatic N) is 4. The number of aromatic nitrogens is 4. The van der Waals surface area contributed by atoms with Gasteiger partial charge in [-0.15, -0.1) is 0 Å². The van der Waals surface area contributed by atoms with Gasteiger partial charge in [0, 0.05) is 5.70 Å². The molecule has 0 spiro atoms. The Morgan fingerprint density at radius 3 is 2.93 bits per heavy atom. The predicted molar refractivity (Wildman–Crippen MR) is 106 cm³/mol. The lowest BCUT2D eigenvalue weighted by Gasteiger charge is -2.28. The number of hydrogen-bond donors (Lipinski definition) is 2. The summed E-state index contributed by atoms with van der Waals surface area (Å²) in [6, 6.07) is 12.2. The monoisotopic (exact) mass is 406 g/mol. The third-order valence-electron chi connectivity index (χ3n) is 5.03. The molecule has 0 radical (unpaired) electrons. The number of nitrogens with one attached hydrogen (secondary N) is 2. The smallest absolute Gasteiger partial charge is 0.255 e. The summed E-state index contributed by atoms with van der Waals surface area (Å²) >= 11 is 0. The minimum atomic E-state index is -0.555. The van der Waals surface area contributed by atoms with Crippen molar-refractivity contribution in [2.24, 2.45) is 0 Å². The number of anilines is 2. The maximum absolute atomic E-state index is 13.4. The van der Waals surface area contributed by atoms with Gasteiger partial charge in [-0.1, -0.05) is 23.3 Å². The van der Waals surface area contributed by atoms with Crippen LogP contribution in [0.2, 0.25) is 0 Å². The Kier molecular flexibility index (Phi) is 4.24. The van der Waals surface area contributed by atoms with E-state index in [4.69, 9.17) is 14.2 Å². The summed E-state index contributed by atoms with van der Waals surface area (Å²) in [5, 5.41) is 17.9. The molecule has 2 N–H and O–H groups in total. The van der Waals surface area contributed by atoms with Gasteiger partial charge in [-0.25, -0.2) is 0 Å². The van der Waals surface area contributed by atoms with Gasteiger partial charge in [-0.2, -0.15) is 4.68 Å². The van der Waals surface area contributed by atoms with E-state index < -0.39 is 6.04 Å². The van der Waals surface area contributed by atoms with Crippen LogP contribution in [-0.4, -0.2) is 40.0 Å². The first kappa shape index (κ1) is 18.0. The van der Waals surface area contributed by atoms with Crippen molar-refractivity contribution in [2.45, 2.75) is 13.0 Å². The predicted octanol–water partition coefficient (Wildman–Crippen LogP) is 2.34. The highest BCUT2D eigenvalue weighted by molar-refractivity contribution is 6.06. The second kappa shape index (κ2) is 7.07. The number of methoxy groups -OCH3 is 1. The summed E-state index contributed by atoms with van der Waals surface area (Å²) in [5.41, 5.74) is 2.48. The van der Waals surface area contributed by atoms with E-state index in [1.54, 1.807) is 23.9 Å². The SMILES string of the molecule is COc1ccccc1NC(=O)C1=C(C)Nc2nnnn2[C@@H]1c1ccc2c(c1)OCO2. The van der Waals surface area contributed by atoms with E-state index >= 15 is 0 Å². The zero-order valence-corrected chi connectivity index (χ0v) is 16.2. The molecular formula is C20H18N6O4. The van der Waals surface area contributed by atoms with Crippen molar-refractivity contribution in [3.63, 3.8) is 0 Å². The number of para-hydroxylation sites is 2. The highest BCUT2D eigenvalue weighted by atomic mass is 16.7. The van der Waals surface area contributed by atoms with Crippen molar-refractivity contribution < 1.29 is 19.0 Å². The Morgan fingerprint density at radius 1 is 1.23 bits per heavy atom. The molecule has 3 aromatic rings. The van der Waals surface area contributed by atoms with Crippen LogP contribution in [0.3, 0.4) is 0 Å². The van der Waals surface area contributed by atoms with Crippen LogP contribution in [0.5, 0.6) is 17.2 Å². The quantitative estimate of drug-likeness (QED) is 0.679. The number of carbonyl (C=O) groups is 1. The minimum Gasteiger partial charge on any atom is -0.495 e. The molecule has 10 heteroatoms. The molecule has 1 amide bonds. The summed E-state index contributed by atoms with van der Waals surface area (Å²) in [7, 11) is 1.56. The summed E-state index contributed by atoms with van der Waals surface area (Å²) in [6.07, 6.45) is 0. The fourth-order valence-electron chi connectivity index (χ4n) is 3.64. The van der Waals surface area contributed by atoms with Crippen LogP contribution in [0.1, 0.15) is 18.5 Å². The Balaban J connectivity index is 1.57. The van der Waals surface area contributed by atoms with Crippen molar-refractivity contribution >= 4 is 17.5 Å². The first-order valence-corrected chi connectivity index (χ1v) is 9.25. The first-order valence-electron chi connectivity index (χ1n) is 9.25. The largest absolute Gasteiger partial charge is 0.495 e. The third kappa shape index (κ3) is 2.89. The number of rotatable bonds is 4. The van der Waals surface area contributed by atoms with Gasteiger partial charge < -0.3 is 24.8 Å². The van der Waals surface area contributed by atoms with E-state index in [2.05, 4.69) is 26.2 Å². The standard InChI is InChI=1S/C20H18N6O4/c1-11-17(19(27)22-13-5-3-4-6-14(13)28-2)18(26-20(21-11)23-24-25-26)12-7-8-15-16(9-12)30-10-29-15/h3-9,18H,10H2,1-2H3,(H,22,27)(H,21,23,25)/t18-/m1/s1. The lowest BCUT2D eigenvalue weighted by molar-refractivity contribution is -0.113. The molecule has 0 saturated carbocycles. The number of tetrazole rings is 1. The van der Waals surface area contributed by atoms with Crippen LogP contribution >= 0.6 is 0 Å². The molecule has 0 saturated heterocycles. The molecule has 152 valence electrons.